The second kappa shape index (κ2) is 5.40. The van der Waals surface area contributed by atoms with E-state index in [9.17, 15) is 13.2 Å². The average molecular weight is 298 g/mol. The number of hydrogen-bond donors (Lipinski definition) is 1. The van der Waals surface area contributed by atoms with Crippen LogP contribution in [-0.2, 0) is 9.84 Å². The largest absolute Gasteiger partial charge is 0.477 e. The minimum Gasteiger partial charge on any atom is -0.477 e. The summed E-state index contributed by atoms with van der Waals surface area (Å²) in [5, 5.41) is 2.79. The van der Waals surface area contributed by atoms with Crippen molar-refractivity contribution < 1.29 is 17.9 Å². The molecule has 1 aromatic rings. The Morgan fingerprint density at radius 1 is 1.55 bits per heavy atom. The third-order valence-corrected chi connectivity index (χ3v) is 5.12. The summed E-state index contributed by atoms with van der Waals surface area (Å²) in [6.45, 7) is 3.95. The van der Waals surface area contributed by atoms with Gasteiger partial charge in [0.2, 0.25) is 5.88 Å². The van der Waals surface area contributed by atoms with Gasteiger partial charge in [0.15, 0.2) is 9.84 Å². The van der Waals surface area contributed by atoms with Crippen molar-refractivity contribution in [3.8, 4) is 5.88 Å². The van der Waals surface area contributed by atoms with Crippen LogP contribution >= 0.6 is 0 Å². The number of amides is 1. The molecule has 1 unspecified atom stereocenters. The Labute approximate surface area is 118 Å². The molecule has 20 heavy (non-hydrogen) atoms. The molecule has 1 N–H and O–H groups in total. The van der Waals surface area contributed by atoms with Gasteiger partial charge in [-0.3, -0.25) is 4.79 Å². The van der Waals surface area contributed by atoms with Gasteiger partial charge in [-0.15, -0.1) is 0 Å². The van der Waals surface area contributed by atoms with Crippen molar-refractivity contribution in [2.24, 2.45) is 0 Å². The zero-order chi connectivity index (χ0) is 14.8. The lowest BCUT2D eigenvalue weighted by atomic mass is 10.0. The van der Waals surface area contributed by atoms with Crippen molar-refractivity contribution in [3.05, 3.63) is 23.9 Å². The summed E-state index contributed by atoms with van der Waals surface area (Å²) < 4.78 is 28.4. The van der Waals surface area contributed by atoms with Crippen LogP contribution in [0.15, 0.2) is 18.3 Å². The van der Waals surface area contributed by atoms with Gasteiger partial charge in [-0.05, 0) is 32.4 Å². The van der Waals surface area contributed by atoms with Crippen LogP contribution in [0.2, 0.25) is 0 Å². The maximum atomic E-state index is 12.3. The van der Waals surface area contributed by atoms with E-state index in [1.807, 2.05) is 0 Å². The van der Waals surface area contributed by atoms with Crippen molar-refractivity contribution in [1.29, 1.82) is 0 Å². The Morgan fingerprint density at radius 3 is 2.90 bits per heavy atom. The Hall–Kier alpha value is -1.63. The number of nitrogens with zero attached hydrogens (tertiary/aromatic N) is 1. The van der Waals surface area contributed by atoms with E-state index in [4.69, 9.17) is 4.74 Å². The normalized spacial score (nSPS) is 24.3. The molecule has 0 saturated carbocycles. The highest BCUT2D eigenvalue weighted by molar-refractivity contribution is 7.91. The number of sulfone groups is 1. The molecular weight excluding hydrogens is 280 g/mol. The Balaban J connectivity index is 2.17. The third-order valence-electron chi connectivity index (χ3n) is 3.22. The van der Waals surface area contributed by atoms with E-state index in [0.29, 0.717) is 18.6 Å². The number of rotatable bonds is 4. The van der Waals surface area contributed by atoms with Gasteiger partial charge in [-0.2, -0.15) is 0 Å². The van der Waals surface area contributed by atoms with Gasteiger partial charge in [0.1, 0.15) is 5.56 Å². The van der Waals surface area contributed by atoms with Crippen LogP contribution in [-0.4, -0.2) is 43.0 Å². The maximum absolute atomic E-state index is 12.3. The summed E-state index contributed by atoms with van der Waals surface area (Å²) in [6.07, 6.45) is 1.97. The number of nitrogens with one attached hydrogen (secondary N) is 1. The molecule has 110 valence electrons. The van der Waals surface area contributed by atoms with Gasteiger partial charge >= 0.3 is 0 Å². The van der Waals surface area contributed by atoms with E-state index in [2.05, 4.69) is 10.3 Å². The molecule has 1 saturated heterocycles. The van der Waals surface area contributed by atoms with E-state index in [1.54, 1.807) is 32.2 Å². The first-order chi connectivity index (χ1) is 9.35. The Kier molecular flexibility index (Phi) is 3.99. The second-order valence-corrected chi connectivity index (χ2v) is 7.33. The van der Waals surface area contributed by atoms with Gasteiger partial charge in [-0.1, -0.05) is 0 Å². The van der Waals surface area contributed by atoms with Crippen LogP contribution in [0.3, 0.4) is 0 Å². The summed E-state index contributed by atoms with van der Waals surface area (Å²) in [7, 11) is -3.06. The number of carbonyl (C=O) groups excluding carboxylic acids is 1. The standard InChI is InChI=1S/C13H18N2O4S/c1-3-19-12-10(5-4-7-14-12)11(16)15-13(2)6-8-20(17,18)9-13/h4-5,7H,3,6,8-9H2,1-2H3,(H,15,16). The van der Waals surface area contributed by atoms with E-state index >= 15 is 0 Å². The van der Waals surface area contributed by atoms with Crippen molar-refractivity contribution >= 4 is 15.7 Å². The summed E-state index contributed by atoms with van der Waals surface area (Å²) >= 11 is 0. The highest BCUT2D eigenvalue weighted by Crippen LogP contribution is 2.24. The maximum Gasteiger partial charge on any atom is 0.257 e. The topological polar surface area (TPSA) is 85.4 Å². The lowest BCUT2D eigenvalue weighted by Crippen LogP contribution is -2.47. The predicted molar refractivity (Wildman–Crippen MR) is 74.5 cm³/mol. The summed E-state index contributed by atoms with van der Waals surface area (Å²) in [5.41, 5.74) is -0.408. The van der Waals surface area contributed by atoms with Crippen molar-refractivity contribution in [2.75, 3.05) is 18.1 Å². The fraction of sp³-hybridized carbons (Fsp3) is 0.538. The molecule has 1 aromatic heterocycles. The molecule has 1 aliphatic rings. The van der Waals surface area contributed by atoms with Crippen LogP contribution in [0.4, 0.5) is 0 Å². The van der Waals surface area contributed by atoms with Crippen molar-refractivity contribution in [1.82, 2.24) is 10.3 Å². The SMILES string of the molecule is CCOc1ncccc1C(=O)NC1(C)CCS(=O)(=O)C1. The second-order valence-electron chi connectivity index (χ2n) is 5.15. The molecule has 6 nitrogen and oxygen atoms in total. The van der Waals surface area contributed by atoms with Gasteiger partial charge in [-0.25, -0.2) is 13.4 Å². The molecule has 2 heterocycles. The number of pyridine rings is 1. The molecule has 1 aliphatic heterocycles. The van der Waals surface area contributed by atoms with Crippen LogP contribution in [0.25, 0.3) is 0 Å². The predicted octanol–water partition coefficient (Wildman–Crippen LogP) is 0.787. The molecule has 7 heteroatoms. The molecule has 1 fully saturated rings. The Morgan fingerprint density at radius 2 is 2.30 bits per heavy atom. The summed E-state index contributed by atoms with van der Waals surface area (Å²) in [6, 6.07) is 3.26. The third kappa shape index (κ3) is 3.27. The van der Waals surface area contributed by atoms with E-state index in [-0.39, 0.29) is 23.3 Å². The van der Waals surface area contributed by atoms with Crippen LogP contribution in [0, 0.1) is 0 Å². The smallest absolute Gasteiger partial charge is 0.257 e. The lowest BCUT2D eigenvalue weighted by molar-refractivity contribution is 0.0910. The van der Waals surface area contributed by atoms with Crippen LogP contribution in [0.1, 0.15) is 30.6 Å². The number of carbonyl (C=O) groups is 1. The Bertz CT molecular complexity index is 615. The molecule has 0 aliphatic carbocycles. The first-order valence-corrected chi connectivity index (χ1v) is 8.28. The molecule has 0 aromatic carbocycles. The average Bonchev–Trinajstić information content (AvgIpc) is 2.64. The van der Waals surface area contributed by atoms with Gasteiger partial charge in [0, 0.05) is 6.20 Å². The first kappa shape index (κ1) is 14.8. The molecule has 2 rings (SSSR count). The lowest BCUT2D eigenvalue weighted by Gasteiger charge is -2.24. The fourth-order valence-electron chi connectivity index (χ4n) is 2.27. The minimum absolute atomic E-state index is 0.0318. The molecule has 1 amide bonds. The van der Waals surface area contributed by atoms with Crippen LogP contribution < -0.4 is 10.1 Å². The molecule has 0 bridgehead atoms. The molecule has 1 atom stereocenters. The zero-order valence-corrected chi connectivity index (χ0v) is 12.4. The highest BCUT2D eigenvalue weighted by atomic mass is 32.2. The molecule has 0 spiro atoms. The van der Waals surface area contributed by atoms with E-state index in [0.717, 1.165) is 0 Å². The van der Waals surface area contributed by atoms with Crippen molar-refractivity contribution in [3.63, 3.8) is 0 Å². The number of aromatic nitrogens is 1. The minimum atomic E-state index is -3.06. The fourth-order valence-corrected chi connectivity index (χ4v) is 4.36. The van der Waals surface area contributed by atoms with Crippen molar-refractivity contribution in [2.45, 2.75) is 25.8 Å². The van der Waals surface area contributed by atoms with E-state index in [1.165, 1.54) is 0 Å². The molecular formula is C13H18N2O4S. The summed E-state index contributed by atoms with van der Waals surface area (Å²) in [5.74, 6) is -0.0245. The zero-order valence-electron chi connectivity index (χ0n) is 11.5. The first-order valence-electron chi connectivity index (χ1n) is 6.46. The molecule has 0 radical (unpaired) electrons. The van der Waals surface area contributed by atoms with E-state index < -0.39 is 15.4 Å². The van der Waals surface area contributed by atoms with Gasteiger partial charge in [0.25, 0.3) is 5.91 Å². The monoisotopic (exact) mass is 298 g/mol. The van der Waals surface area contributed by atoms with Gasteiger partial charge < -0.3 is 10.1 Å². The number of hydrogen-bond acceptors (Lipinski definition) is 5. The highest BCUT2D eigenvalue weighted by Gasteiger charge is 2.39. The van der Waals surface area contributed by atoms with Gasteiger partial charge in [0.05, 0.1) is 23.7 Å². The summed E-state index contributed by atoms with van der Waals surface area (Å²) in [4.78, 5) is 16.3. The number of ether oxygens (including phenoxy) is 1. The van der Waals surface area contributed by atoms with Crippen LogP contribution in [0.5, 0.6) is 5.88 Å². The quantitative estimate of drug-likeness (QED) is 0.888.